The van der Waals surface area contributed by atoms with Gasteiger partial charge in [0.25, 0.3) is 0 Å². The molecule has 0 saturated carbocycles. The van der Waals surface area contributed by atoms with Crippen molar-refractivity contribution in [1.29, 1.82) is 0 Å². The number of nitrogens with zero attached hydrogens (tertiary/aromatic N) is 4. The molecule has 0 fully saturated rings. The Morgan fingerprint density at radius 1 is 1.20 bits per heavy atom. The first kappa shape index (κ1) is 21.2. The Labute approximate surface area is 195 Å². The van der Waals surface area contributed by atoms with Crippen LogP contribution in [0.25, 0.3) is 22.4 Å². The van der Waals surface area contributed by atoms with Crippen LogP contribution in [0.1, 0.15) is 25.0 Å². The minimum Gasteiger partial charge on any atom is -0.335 e. The second-order valence-corrected chi connectivity index (χ2v) is 8.27. The smallest absolute Gasteiger partial charge is 0.169 e. The van der Waals surface area contributed by atoms with Crippen LogP contribution in [0.15, 0.2) is 36.8 Å². The number of H-pyrrole nitrogens is 1. The number of aromatic amines is 1. The minimum atomic E-state index is -0.555. The van der Waals surface area contributed by atoms with Crippen molar-refractivity contribution in [3.05, 3.63) is 58.3 Å². The number of pyridine rings is 1. The fraction of sp³-hybridized carbons (Fsp3) is 0.200. The second-order valence-electron chi connectivity index (χ2n) is 6.57. The van der Waals surface area contributed by atoms with Crippen molar-refractivity contribution in [2.45, 2.75) is 19.3 Å². The molecule has 6 nitrogen and oxygen atoms in total. The van der Waals surface area contributed by atoms with Gasteiger partial charge in [-0.15, -0.1) is 0 Å². The van der Waals surface area contributed by atoms with Crippen molar-refractivity contribution < 1.29 is 4.39 Å². The molecule has 3 heterocycles. The van der Waals surface area contributed by atoms with Gasteiger partial charge in [0.2, 0.25) is 0 Å². The van der Waals surface area contributed by atoms with Crippen LogP contribution >= 0.6 is 45.8 Å². The molecule has 4 aromatic rings. The number of hydrogen-bond acceptors (Lipinski definition) is 5. The molecule has 3 aromatic heterocycles. The van der Waals surface area contributed by atoms with E-state index in [-0.39, 0.29) is 5.52 Å². The van der Waals surface area contributed by atoms with Gasteiger partial charge in [0.15, 0.2) is 11.6 Å². The minimum absolute atomic E-state index is 0.131. The molecule has 2 N–H and O–H groups in total. The van der Waals surface area contributed by atoms with Crippen LogP contribution in [0, 0.1) is 5.82 Å². The van der Waals surface area contributed by atoms with E-state index in [0.717, 1.165) is 22.7 Å². The second kappa shape index (κ2) is 8.99. The molecule has 0 aliphatic rings. The average Bonchev–Trinajstić information content (AvgIpc) is 3.17. The number of halogens is 4. The van der Waals surface area contributed by atoms with E-state index in [1.165, 1.54) is 6.33 Å². The molecule has 1 aromatic carbocycles. The molecule has 0 saturated heterocycles. The lowest BCUT2D eigenvalue weighted by Crippen LogP contribution is -2.05. The summed E-state index contributed by atoms with van der Waals surface area (Å²) in [5.41, 5.74) is 1.96. The lowest BCUT2D eigenvalue weighted by atomic mass is 10.1. The Morgan fingerprint density at radius 3 is 2.67 bits per heavy atom. The van der Waals surface area contributed by atoms with Crippen LogP contribution in [-0.2, 0) is 0 Å². The molecule has 4 rings (SSSR count). The SMILES string of the molecule is CCC(CI)c1cc(Nc2ncc(F)c3nc(-c4c(Cl)cccc4Cl)[nH]c23)ncn1. The molecule has 154 valence electrons. The average molecular weight is 557 g/mol. The summed E-state index contributed by atoms with van der Waals surface area (Å²) in [4.78, 5) is 20.3. The molecule has 0 spiro atoms. The van der Waals surface area contributed by atoms with E-state index < -0.39 is 5.82 Å². The van der Waals surface area contributed by atoms with Gasteiger partial charge < -0.3 is 10.3 Å². The van der Waals surface area contributed by atoms with Crippen LogP contribution in [0.2, 0.25) is 10.0 Å². The highest BCUT2D eigenvalue weighted by molar-refractivity contribution is 14.1. The first-order chi connectivity index (χ1) is 14.5. The monoisotopic (exact) mass is 556 g/mol. The maximum Gasteiger partial charge on any atom is 0.169 e. The third-order valence-corrected chi connectivity index (χ3v) is 6.40. The molecule has 30 heavy (non-hydrogen) atoms. The Kier molecular flexibility index (Phi) is 6.35. The molecule has 10 heteroatoms. The van der Waals surface area contributed by atoms with Gasteiger partial charge in [-0.3, -0.25) is 0 Å². The van der Waals surface area contributed by atoms with Crippen molar-refractivity contribution in [2.24, 2.45) is 0 Å². The van der Waals surface area contributed by atoms with Crippen molar-refractivity contribution >= 4 is 68.5 Å². The van der Waals surface area contributed by atoms with Crippen molar-refractivity contribution in [2.75, 3.05) is 9.74 Å². The zero-order chi connectivity index (χ0) is 21.3. The summed E-state index contributed by atoms with van der Waals surface area (Å²) in [5, 5.41) is 3.97. The zero-order valence-electron chi connectivity index (χ0n) is 15.8. The predicted molar refractivity (Wildman–Crippen MR) is 127 cm³/mol. The quantitative estimate of drug-likeness (QED) is 0.208. The predicted octanol–water partition coefficient (Wildman–Crippen LogP) is 6.53. The normalized spacial score (nSPS) is 12.3. The number of imidazole rings is 1. The van der Waals surface area contributed by atoms with E-state index >= 15 is 0 Å². The Balaban J connectivity index is 1.77. The summed E-state index contributed by atoms with van der Waals surface area (Å²) in [6.45, 7) is 2.12. The third kappa shape index (κ3) is 4.08. The van der Waals surface area contributed by atoms with E-state index in [1.807, 2.05) is 6.07 Å². The number of anilines is 2. The summed E-state index contributed by atoms with van der Waals surface area (Å²) in [5.74, 6) is 1.09. The number of fused-ring (bicyclic) bond motifs is 1. The number of hydrogen-bond donors (Lipinski definition) is 2. The fourth-order valence-electron chi connectivity index (χ4n) is 3.08. The highest BCUT2D eigenvalue weighted by atomic mass is 127. The van der Waals surface area contributed by atoms with Crippen molar-refractivity contribution in [1.82, 2.24) is 24.9 Å². The van der Waals surface area contributed by atoms with E-state index in [9.17, 15) is 4.39 Å². The molecule has 0 aliphatic heterocycles. The van der Waals surface area contributed by atoms with Gasteiger partial charge in [-0.05, 0) is 18.6 Å². The molecule has 0 bridgehead atoms. The number of aromatic nitrogens is 5. The largest absolute Gasteiger partial charge is 0.335 e. The molecule has 0 aliphatic carbocycles. The molecular weight excluding hydrogens is 541 g/mol. The lowest BCUT2D eigenvalue weighted by molar-refractivity contribution is 0.632. The molecule has 0 radical (unpaired) electrons. The number of nitrogens with one attached hydrogen (secondary N) is 2. The fourth-order valence-corrected chi connectivity index (χ4v) is 4.73. The van der Waals surface area contributed by atoms with E-state index in [1.54, 1.807) is 18.2 Å². The zero-order valence-corrected chi connectivity index (χ0v) is 19.4. The molecule has 0 amide bonds. The van der Waals surface area contributed by atoms with Gasteiger partial charge in [0, 0.05) is 22.1 Å². The maximum atomic E-state index is 14.4. The van der Waals surface area contributed by atoms with Gasteiger partial charge in [-0.1, -0.05) is 58.8 Å². The van der Waals surface area contributed by atoms with Crippen molar-refractivity contribution in [3.8, 4) is 11.4 Å². The highest BCUT2D eigenvalue weighted by Gasteiger charge is 2.18. The Hall–Kier alpha value is -2.04. The van der Waals surface area contributed by atoms with Crippen LogP contribution in [0.3, 0.4) is 0 Å². The van der Waals surface area contributed by atoms with Crippen LogP contribution < -0.4 is 5.32 Å². The topological polar surface area (TPSA) is 79.4 Å². The maximum absolute atomic E-state index is 14.4. The van der Waals surface area contributed by atoms with Gasteiger partial charge >= 0.3 is 0 Å². The number of benzene rings is 1. The summed E-state index contributed by atoms with van der Waals surface area (Å²) >= 11 is 14.9. The Morgan fingerprint density at radius 2 is 1.97 bits per heavy atom. The third-order valence-electron chi connectivity index (χ3n) is 4.71. The van der Waals surface area contributed by atoms with Gasteiger partial charge in [0.05, 0.1) is 21.8 Å². The first-order valence-electron chi connectivity index (χ1n) is 9.15. The molecule has 1 unspecified atom stereocenters. The van der Waals surface area contributed by atoms with Gasteiger partial charge in [-0.25, -0.2) is 24.3 Å². The van der Waals surface area contributed by atoms with E-state index in [2.05, 4.69) is 59.8 Å². The first-order valence-corrected chi connectivity index (χ1v) is 11.4. The number of alkyl halides is 1. The molecular formula is C20H16Cl2FIN6. The van der Waals surface area contributed by atoms with E-state index in [4.69, 9.17) is 23.2 Å². The summed E-state index contributed by atoms with van der Waals surface area (Å²) < 4.78 is 15.4. The highest BCUT2D eigenvalue weighted by Crippen LogP contribution is 2.35. The van der Waals surface area contributed by atoms with Gasteiger partial charge in [0.1, 0.15) is 29.0 Å². The lowest BCUT2D eigenvalue weighted by Gasteiger charge is -2.12. The van der Waals surface area contributed by atoms with Crippen LogP contribution in [0.5, 0.6) is 0 Å². The van der Waals surface area contributed by atoms with Crippen LogP contribution in [0.4, 0.5) is 16.0 Å². The van der Waals surface area contributed by atoms with Crippen molar-refractivity contribution in [3.63, 3.8) is 0 Å². The van der Waals surface area contributed by atoms with Crippen LogP contribution in [-0.4, -0.2) is 29.3 Å². The van der Waals surface area contributed by atoms with Gasteiger partial charge in [-0.2, -0.15) is 0 Å². The Bertz CT molecular complexity index is 1190. The summed E-state index contributed by atoms with van der Waals surface area (Å²) in [6.07, 6.45) is 3.60. The molecule has 1 atom stereocenters. The number of rotatable bonds is 6. The summed E-state index contributed by atoms with van der Waals surface area (Å²) in [6, 6.07) is 7.01. The standard InChI is InChI=1S/C20H16Cl2FIN6/c1-2-10(7-24)14-6-15(27-9-26-14)28-20-18-17(13(23)8-25-20)29-19(30-18)16-11(21)4-3-5-12(16)22/h3-6,8-10H,2,7H2,1H3,(H,29,30)(H,25,26,27,28). The van der Waals surface area contributed by atoms with E-state index in [0.29, 0.717) is 44.5 Å². The summed E-state index contributed by atoms with van der Waals surface area (Å²) in [7, 11) is 0.